The second-order valence-electron chi connectivity index (χ2n) is 6.08. The number of hydrogen-bond acceptors (Lipinski definition) is 4. The molecular formula is C17H21N3O2S. The maximum Gasteiger partial charge on any atom is 0.315 e. The number of nitrogens with zero attached hydrogens (tertiary/aromatic N) is 1. The number of carbonyl (C=O) groups excluding carboxylic acids is 1. The molecule has 1 heterocycles. The van der Waals surface area contributed by atoms with Gasteiger partial charge in [-0.15, -0.1) is 11.3 Å². The van der Waals surface area contributed by atoms with Gasteiger partial charge >= 0.3 is 6.03 Å². The van der Waals surface area contributed by atoms with E-state index in [0.29, 0.717) is 5.92 Å². The first kappa shape index (κ1) is 15.8. The number of amides is 2. The fraction of sp³-hybridized carbons (Fsp3) is 0.412. The van der Waals surface area contributed by atoms with Crippen LogP contribution >= 0.6 is 11.3 Å². The molecule has 1 fully saturated rings. The third kappa shape index (κ3) is 4.01. The summed E-state index contributed by atoms with van der Waals surface area (Å²) in [5, 5.41) is 18.5. The Morgan fingerprint density at radius 3 is 2.78 bits per heavy atom. The molecule has 2 amide bonds. The zero-order chi connectivity index (χ0) is 16.4. The number of benzene rings is 1. The minimum atomic E-state index is -0.203. The van der Waals surface area contributed by atoms with Gasteiger partial charge in [0.25, 0.3) is 0 Å². The Morgan fingerprint density at radius 1 is 1.39 bits per heavy atom. The van der Waals surface area contributed by atoms with Gasteiger partial charge in [0.05, 0.1) is 12.1 Å². The Kier molecular flexibility index (Phi) is 4.52. The summed E-state index contributed by atoms with van der Waals surface area (Å²) in [6.07, 6.45) is 2.26. The SMILES string of the molecule is Cc1csc(C(NC(=O)N[C@@H](C)c2cccc(O)c2)C2CC2)n1. The number of aryl methyl sites for hydroxylation is 1. The molecule has 0 bridgehead atoms. The van der Waals surface area contributed by atoms with Gasteiger partial charge in [0.2, 0.25) is 0 Å². The summed E-state index contributed by atoms with van der Waals surface area (Å²) in [6.45, 7) is 3.86. The molecule has 23 heavy (non-hydrogen) atoms. The van der Waals surface area contributed by atoms with E-state index in [9.17, 15) is 9.90 Å². The number of thiazole rings is 1. The van der Waals surface area contributed by atoms with E-state index >= 15 is 0 Å². The summed E-state index contributed by atoms with van der Waals surface area (Å²) in [5.74, 6) is 0.688. The lowest BCUT2D eigenvalue weighted by Crippen LogP contribution is -2.39. The lowest BCUT2D eigenvalue weighted by Gasteiger charge is -2.20. The predicted molar refractivity (Wildman–Crippen MR) is 90.5 cm³/mol. The van der Waals surface area contributed by atoms with Crippen molar-refractivity contribution in [2.45, 2.75) is 38.8 Å². The molecule has 3 N–H and O–H groups in total. The van der Waals surface area contributed by atoms with E-state index in [0.717, 1.165) is 29.1 Å². The average molecular weight is 331 g/mol. The number of aromatic hydroxyl groups is 1. The van der Waals surface area contributed by atoms with Crippen LogP contribution in [0.4, 0.5) is 4.79 Å². The molecule has 2 aromatic rings. The van der Waals surface area contributed by atoms with Gasteiger partial charge in [-0.1, -0.05) is 12.1 Å². The Bertz CT molecular complexity index is 697. The van der Waals surface area contributed by atoms with E-state index in [4.69, 9.17) is 0 Å². The van der Waals surface area contributed by atoms with Gasteiger partial charge in [-0.05, 0) is 50.3 Å². The maximum absolute atomic E-state index is 12.3. The molecule has 0 saturated heterocycles. The highest BCUT2D eigenvalue weighted by Gasteiger charge is 2.35. The number of phenols is 1. The van der Waals surface area contributed by atoms with E-state index in [1.54, 1.807) is 29.5 Å². The molecule has 5 nitrogen and oxygen atoms in total. The van der Waals surface area contributed by atoms with Crippen LogP contribution in [0.15, 0.2) is 29.6 Å². The van der Waals surface area contributed by atoms with Crippen LogP contribution in [-0.2, 0) is 0 Å². The second kappa shape index (κ2) is 6.58. The quantitative estimate of drug-likeness (QED) is 0.782. The normalized spacial score (nSPS) is 16.6. The molecular weight excluding hydrogens is 310 g/mol. The maximum atomic E-state index is 12.3. The van der Waals surface area contributed by atoms with Crippen molar-refractivity contribution in [3.8, 4) is 5.75 Å². The lowest BCUT2D eigenvalue weighted by atomic mass is 10.1. The van der Waals surface area contributed by atoms with E-state index < -0.39 is 0 Å². The molecule has 122 valence electrons. The van der Waals surface area contributed by atoms with Crippen molar-refractivity contribution in [1.29, 1.82) is 0 Å². The van der Waals surface area contributed by atoms with Crippen LogP contribution in [0, 0.1) is 12.8 Å². The lowest BCUT2D eigenvalue weighted by molar-refractivity contribution is 0.232. The third-order valence-electron chi connectivity index (χ3n) is 4.00. The summed E-state index contributed by atoms with van der Waals surface area (Å²) < 4.78 is 0. The van der Waals surface area contributed by atoms with Gasteiger partial charge in [-0.3, -0.25) is 0 Å². The molecule has 1 saturated carbocycles. The van der Waals surface area contributed by atoms with Gasteiger partial charge in [0.1, 0.15) is 10.8 Å². The van der Waals surface area contributed by atoms with Crippen LogP contribution in [0.25, 0.3) is 0 Å². The Hall–Kier alpha value is -2.08. The smallest absolute Gasteiger partial charge is 0.315 e. The van der Waals surface area contributed by atoms with Crippen LogP contribution < -0.4 is 10.6 Å². The number of phenolic OH excluding ortho intramolecular Hbond substituents is 1. The molecule has 2 atom stereocenters. The largest absolute Gasteiger partial charge is 0.508 e. The van der Waals surface area contributed by atoms with Crippen LogP contribution in [0.3, 0.4) is 0 Å². The monoisotopic (exact) mass is 331 g/mol. The van der Waals surface area contributed by atoms with Crippen LogP contribution in [0.5, 0.6) is 5.75 Å². The Labute approximate surface area is 139 Å². The van der Waals surface area contributed by atoms with E-state index in [1.165, 1.54) is 0 Å². The van der Waals surface area contributed by atoms with E-state index in [2.05, 4.69) is 15.6 Å². The minimum Gasteiger partial charge on any atom is -0.508 e. The van der Waals surface area contributed by atoms with Crippen molar-refractivity contribution >= 4 is 17.4 Å². The highest BCUT2D eigenvalue weighted by atomic mass is 32.1. The van der Waals surface area contributed by atoms with Crippen molar-refractivity contribution in [3.05, 3.63) is 45.9 Å². The summed E-state index contributed by atoms with van der Waals surface area (Å²) in [4.78, 5) is 16.8. The number of aromatic nitrogens is 1. The summed E-state index contributed by atoms with van der Waals surface area (Å²) >= 11 is 1.60. The topological polar surface area (TPSA) is 74.2 Å². The fourth-order valence-corrected chi connectivity index (χ4v) is 3.52. The first-order chi connectivity index (χ1) is 11.0. The third-order valence-corrected chi connectivity index (χ3v) is 5.05. The zero-order valence-corrected chi connectivity index (χ0v) is 14.1. The number of hydrogen-bond donors (Lipinski definition) is 3. The molecule has 0 aliphatic heterocycles. The molecule has 6 heteroatoms. The highest BCUT2D eigenvalue weighted by Crippen LogP contribution is 2.41. The number of rotatable bonds is 5. The summed E-state index contributed by atoms with van der Waals surface area (Å²) in [7, 11) is 0. The number of carbonyl (C=O) groups is 1. The van der Waals surface area contributed by atoms with Crippen LogP contribution in [0.1, 0.15) is 48.1 Å². The zero-order valence-electron chi connectivity index (χ0n) is 13.2. The van der Waals surface area contributed by atoms with Crippen molar-refractivity contribution < 1.29 is 9.90 Å². The highest BCUT2D eigenvalue weighted by molar-refractivity contribution is 7.09. The Morgan fingerprint density at radius 2 is 2.17 bits per heavy atom. The number of urea groups is 1. The second-order valence-corrected chi connectivity index (χ2v) is 6.97. The predicted octanol–water partition coefficient (Wildman–Crippen LogP) is 3.67. The van der Waals surface area contributed by atoms with Crippen molar-refractivity contribution in [3.63, 3.8) is 0 Å². The van der Waals surface area contributed by atoms with Gasteiger partial charge in [0.15, 0.2) is 0 Å². The first-order valence-corrected chi connectivity index (χ1v) is 8.69. The molecule has 1 aliphatic rings. The fourth-order valence-electron chi connectivity index (χ4n) is 2.58. The van der Waals surface area contributed by atoms with Gasteiger partial charge < -0.3 is 15.7 Å². The first-order valence-electron chi connectivity index (χ1n) is 7.81. The average Bonchev–Trinajstić information content (AvgIpc) is 3.26. The van der Waals surface area contributed by atoms with Gasteiger partial charge in [-0.25, -0.2) is 9.78 Å². The molecule has 1 unspecified atom stereocenters. The molecule has 3 rings (SSSR count). The molecule has 0 radical (unpaired) electrons. The minimum absolute atomic E-state index is 0.00919. The number of nitrogens with one attached hydrogen (secondary N) is 2. The Balaban J connectivity index is 1.63. The molecule has 1 aromatic carbocycles. The van der Waals surface area contributed by atoms with Crippen LogP contribution in [0.2, 0.25) is 0 Å². The molecule has 1 aromatic heterocycles. The van der Waals surface area contributed by atoms with Crippen molar-refractivity contribution in [2.24, 2.45) is 5.92 Å². The van der Waals surface area contributed by atoms with Crippen molar-refractivity contribution in [1.82, 2.24) is 15.6 Å². The van der Waals surface area contributed by atoms with Gasteiger partial charge in [-0.2, -0.15) is 0 Å². The standard InChI is InChI=1S/C17H21N3O2S/c1-10-9-23-16(18-10)15(12-6-7-12)20-17(22)19-11(2)13-4-3-5-14(21)8-13/h3-5,8-9,11-12,15,21H,6-7H2,1-2H3,(H2,19,20,22)/t11-,15?/m0/s1. The van der Waals surface area contributed by atoms with E-state index in [1.807, 2.05) is 25.3 Å². The molecule has 0 spiro atoms. The summed E-state index contributed by atoms with van der Waals surface area (Å²) in [6, 6.07) is 6.53. The van der Waals surface area contributed by atoms with Crippen LogP contribution in [-0.4, -0.2) is 16.1 Å². The van der Waals surface area contributed by atoms with Crippen molar-refractivity contribution in [2.75, 3.05) is 0 Å². The summed E-state index contributed by atoms with van der Waals surface area (Å²) in [5.41, 5.74) is 1.86. The molecule has 1 aliphatic carbocycles. The van der Waals surface area contributed by atoms with Gasteiger partial charge in [0, 0.05) is 11.1 Å². The van der Waals surface area contributed by atoms with E-state index in [-0.39, 0.29) is 23.9 Å².